The van der Waals surface area contributed by atoms with Gasteiger partial charge in [0, 0.05) is 13.7 Å². The molecule has 0 bridgehead atoms. The van der Waals surface area contributed by atoms with E-state index >= 15 is 0 Å². The first-order chi connectivity index (χ1) is 10.1. The molecule has 2 N–H and O–H groups in total. The van der Waals surface area contributed by atoms with Crippen molar-refractivity contribution in [1.29, 1.82) is 0 Å². The number of nitrogens with one attached hydrogen (secondary N) is 1. The first-order valence-electron chi connectivity index (χ1n) is 6.65. The molecule has 1 aromatic heterocycles. The van der Waals surface area contributed by atoms with Gasteiger partial charge in [-0.25, -0.2) is 0 Å². The Balaban J connectivity index is 1.82. The number of hydrogen-bond donors (Lipinski definition) is 2. The third-order valence-electron chi connectivity index (χ3n) is 3.20. The van der Waals surface area contributed by atoms with Crippen LogP contribution in [0.4, 0.5) is 5.13 Å². The van der Waals surface area contributed by atoms with E-state index in [1.165, 1.54) is 11.3 Å². The minimum atomic E-state index is -0.798. The number of carbonyl (C=O) groups excluding carboxylic acids is 1. The molecule has 0 aliphatic carbocycles. The van der Waals surface area contributed by atoms with E-state index in [0.717, 1.165) is 13.0 Å². The number of hydrogen-bond acceptors (Lipinski definition) is 7. The molecule has 1 aliphatic heterocycles. The van der Waals surface area contributed by atoms with Crippen LogP contribution in [0.2, 0.25) is 0 Å². The van der Waals surface area contributed by atoms with E-state index in [2.05, 4.69) is 15.5 Å². The number of anilines is 1. The molecule has 21 heavy (non-hydrogen) atoms. The van der Waals surface area contributed by atoms with Crippen LogP contribution in [0.3, 0.4) is 0 Å². The van der Waals surface area contributed by atoms with Gasteiger partial charge in [0.2, 0.25) is 11.0 Å². The largest absolute Gasteiger partial charge is 0.481 e. The monoisotopic (exact) mass is 314 g/mol. The van der Waals surface area contributed by atoms with Crippen molar-refractivity contribution in [3.05, 3.63) is 5.01 Å². The molecule has 1 aliphatic rings. The van der Waals surface area contributed by atoms with Crippen LogP contribution in [0.1, 0.15) is 17.8 Å². The van der Waals surface area contributed by atoms with Crippen LogP contribution >= 0.6 is 11.3 Å². The topological polar surface area (TPSA) is 105 Å². The molecule has 2 heterocycles. The van der Waals surface area contributed by atoms with E-state index in [1.807, 2.05) is 4.90 Å². The SMILES string of the molecule is COCc1nnc(NC(=O)CN2CCC[C@H](C(=O)O)C2)s1. The third kappa shape index (κ3) is 4.73. The van der Waals surface area contributed by atoms with Crippen molar-refractivity contribution in [2.24, 2.45) is 5.92 Å². The summed E-state index contributed by atoms with van der Waals surface area (Å²) in [7, 11) is 1.56. The Morgan fingerprint density at radius 2 is 2.33 bits per heavy atom. The molecule has 0 radical (unpaired) electrons. The molecule has 1 fully saturated rings. The van der Waals surface area contributed by atoms with Crippen molar-refractivity contribution in [3.63, 3.8) is 0 Å². The summed E-state index contributed by atoms with van der Waals surface area (Å²) in [5, 5.41) is 20.6. The predicted octanol–water partition coefficient (Wildman–Crippen LogP) is 0.420. The van der Waals surface area contributed by atoms with Crippen LogP contribution in [-0.4, -0.2) is 58.8 Å². The zero-order chi connectivity index (χ0) is 15.2. The number of nitrogens with zero attached hydrogens (tertiary/aromatic N) is 3. The molecule has 9 heteroatoms. The van der Waals surface area contributed by atoms with E-state index in [-0.39, 0.29) is 18.4 Å². The number of carbonyl (C=O) groups is 2. The molecule has 116 valence electrons. The summed E-state index contributed by atoms with van der Waals surface area (Å²) in [6, 6.07) is 0. The second-order valence-corrected chi connectivity index (χ2v) is 5.96. The minimum absolute atomic E-state index is 0.170. The third-order valence-corrected chi connectivity index (χ3v) is 4.02. The van der Waals surface area contributed by atoms with Gasteiger partial charge >= 0.3 is 5.97 Å². The van der Waals surface area contributed by atoms with Gasteiger partial charge in [0.25, 0.3) is 0 Å². The van der Waals surface area contributed by atoms with Gasteiger partial charge in [-0.1, -0.05) is 11.3 Å². The van der Waals surface area contributed by atoms with Crippen molar-refractivity contribution < 1.29 is 19.4 Å². The van der Waals surface area contributed by atoms with E-state index < -0.39 is 5.97 Å². The maximum atomic E-state index is 11.9. The van der Waals surface area contributed by atoms with Gasteiger partial charge < -0.3 is 9.84 Å². The lowest BCUT2D eigenvalue weighted by atomic mass is 9.98. The number of carboxylic acids is 1. The lowest BCUT2D eigenvalue weighted by Gasteiger charge is -2.29. The zero-order valence-electron chi connectivity index (χ0n) is 11.7. The van der Waals surface area contributed by atoms with Crippen LogP contribution in [0.5, 0.6) is 0 Å². The van der Waals surface area contributed by atoms with Gasteiger partial charge in [-0.05, 0) is 19.4 Å². The molecule has 1 saturated heterocycles. The quantitative estimate of drug-likeness (QED) is 0.784. The summed E-state index contributed by atoms with van der Waals surface area (Å²) >= 11 is 1.26. The van der Waals surface area contributed by atoms with Crippen molar-refractivity contribution >= 4 is 28.3 Å². The Hall–Kier alpha value is -1.58. The average Bonchev–Trinajstić information content (AvgIpc) is 2.86. The summed E-state index contributed by atoms with van der Waals surface area (Å²) in [5.74, 6) is -1.39. The molecule has 0 unspecified atom stereocenters. The summed E-state index contributed by atoms with van der Waals surface area (Å²) in [5.41, 5.74) is 0. The smallest absolute Gasteiger partial charge is 0.307 e. The van der Waals surface area contributed by atoms with Crippen LogP contribution in [0.25, 0.3) is 0 Å². The number of carboxylic acid groups (broad SMARTS) is 1. The first-order valence-corrected chi connectivity index (χ1v) is 7.46. The summed E-state index contributed by atoms with van der Waals surface area (Å²) in [4.78, 5) is 24.8. The number of methoxy groups -OCH3 is 1. The fourth-order valence-corrected chi connectivity index (χ4v) is 2.98. The van der Waals surface area contributed by atoms with Crippen molar-refractivity contribution in [2.45, 2.75) is 19.4 Å². The van der Waals surface area contributed by atoms with Crippen LogP contribution in [0, 0.1) is 5.92 Å². The highest BCUT2D eigenvalue weighted by atomic mass is 32.1. The first kappa shape index (κ1) is 15.8. The standard InChI is InChI=1S/C12H18N4O4S/c1-20-7-10-14-15-12(21-10)13-9(17)6-16-4-2-3-8(5-16)11(18)19/h8H,2-7H2,1H3,(H,18,19)(H,13,15,17)/t8-/m0/s1. The number of amides is 1. The predicted molar refractivity (Wildman–Crippen MR) is 76.1 cm³/mol. The van der Waals surface area contributed by atoms with Gasteiger partial charge in [0.1, 0.15) is 11.6 Å². The molecule has 0 saturated carbocycles. The second-order valence-electron chi connectivity index (χ2n) is 4.89. The summed E-state index contributed by atoms with van der Waals surface area (Å²) < 4.78 is 4.93. The maximum absolute atomic E-state index is 11.9. The molecular weight excluding hydrogens is 296 g/mol. The Bertz CT molecular complexity index is 507. The molecule has 2 rings (SSSR count). The second kappa shape index (κ2) is 7.43. The average molecular weight is 314 g/mol. The summed E-state index contributed by atoms with van der Waals surface area (Å²) in [6.45, 7) is 1.68. The molecule has 0 spiro atoms. The van der Waals surface area contributed by atoms with E-state index in [9.17, 15) is 9.59 Å². The Morgan fingerprint density at radius 3 is 3.05 bits per heavy atom. The maximum Gasteiger partial charge on any atom is 0.307 e. The van der Waals surface area contributed by atoms with Crippen LogP contribution < -0.4 is 5.32 Å². The Labute approximate surface area is 126 Å². The Morgan fingerprint density at radius 1 is 1.52 bits per heavy atom. The van der Waals surface area contributed by atoms with E-state index in [0.29, 0.717) is 29.7 Å². The van der Waals surface area contributed by atoms with Gasteiger partial charge in [0.15, 0.2) is 0 Å². The van der Waals surface area contributed by atoms with Crippen LogP contribution in [-0.2, 0) is 20.9 Å². The number of aromatic nitrogens is 2. The minimum Gasteiger partial charge on any atom is -0.481 e. The number of aliphatic carboxylic acids is 1. The number of rotatable bonds is 6. The molecular formula is C12H18N4O4S. The summed E-state index contributed by atoms with van der Waals surface area (Å²) in [6.07, 6.45) is 1.46. The van der Waals surface area contributed by atoms with E-state index in [1.54, 1.807) is 7.11 Å². The van der Waals surface area contributed by atoms with E-state index in [4.69, 9.17) is 9.84 Å². The highest BCUT2D eigenvalue weighted by Crippen LogP contribution is 2.18. The van der Waals surface area contributed by atoms with Gasteiger partial charge in [-0.2, -0.15) is 0 Å². The molecule has 8 nitrogen and oxygen atoms in total. The van der Waals surface area contributed by atoms with Gasteiger partial charge in [0.05, 0.1) is 12.5 Å². The van der Waals surface area contributed by atoms with Gasteiger partial charge in [-0.15, -0.1) is 10.2 Å². The molecule has 1 aromatic rings. The number of ether oxygens (including phenoxy) is 1. The van der Waals surface area contributed by atoms with Gasteiger partial charge in [-0.3, -0.25) is 19.8 Å². The van der Waals surface area contributed by atoms with Crippen molar-refractivity contribution in [2.75, 3.05) is 32.1 Å². The Kier molecular flexibility index (Phi) is 5.59. The number of piperidine rings is 1. The lowest BCUT2D eigenvalue weighted by Crippen LogP contribution is -2.42. The molecule has 0 aromatic carbocycles. The fraction of sp³-hybridized carbons (Fsp3) is 0.667. The highest BCUT2D eigenvalue weighted by Gasteiger charge is 2.26. The van der Waals surface area contributed by atoms with Crippen molar-refractivity contribution in [3.8, 4) is 0 Å². The molecule has 1 amide bonds. The van der Waals surface area contributed by atoms with Crippen LogP contribution in [0.15, 0.2) is 0 Å². The number of likely N-dealkylation sites (tertiary alicyclic amines) is 1. The fourth-order valence-electron chi connectivity index (χ4n) is 2.25. The van der Waals surface area contributed by atoms with Crippen molar-refractivity contribution in [1.82, 2.24) is 15.1 Å². The zero-order valence-corrected chi connectivity index (χ0v) is 12.6. The lowest BCUT2D eigenvalue weighted by molar-refractivity contribution is -0.144. The normalized spacial score (nSPS) is 19.4. The molecule has 1 atom stereocenters. The highest BCUT2D eigenvalue weighted by molar-refractivity contribution is 7.15.